The number of nitrogens with zero attached hydrogens (tertiary/aromatic N) is 2. The second-order valence-electron chi connectivity index (χ2n) is 3.63. The Morgan fingerprint density at radius 1 is 1.50 bits per heavy atom. The molecule has 94 valence electrons. The molecule has 0 fully saturated rings. The van der Waals surface area contributed by atoms with Gasteiger partial charge in [-0.2, -0.15) is 5.10 Å². The van der Waals surface area contributed by atoms with Crippen LogP contribution in [0.2, 0.25) is 5.02 Å². The molecule has 4 nitrogen and oxygen atoms in total. The Bertz CT molecular complexity index is 610. The van der Waals surface area contributed by atoms with Crippen LogP contribution in [-0.4, -0.2) is 22.9 Å². The summed E-state index contributed by atoms with van der Waals surface area (Å²) in [5.41, 5.74) is 1.05. The molecular formula is C12H10ClFN2O2. The van der Waals surface area contributed by atoms with Crippen molar-refractivity contribution in [3.63, 3.8) is 0 Å². The first-order valence-corrected chi connectivity index (χ1v) is 5.51. The van der Waals surface area contributed by atoms with E-state index in [-0.39, 0.29) is 10.7 Å². The lowest BCUT2D eigenvalue weighted by atomic mass is 10.3. The van der Waals surface area contributed by atoms with Gasteiger partial charge in [-0.25, -0.2) is 13.9 Å². The van der Waals surface area contributed by atoms with E-state index in [0.717, 1.165) is 0 Å². The van der Waals surface area contributed by atoms with E-state index in [1.54, 1.807) is 19.1 Å². The largest absolute Gasteiger partial charge is 0.464 e. The zero-order valence-corrected chi connectivity index (χ0v) is 10.5. The number of methoxy groups -OCH3 is 1. The standard InChI is InChI=1S/C12H10ClFN2O2/c1-7-10(13)11(12(17)18-2)15-16(7)9-5-3-4-8(14)6-9/h3-6H,1-2H3. The Balaban J connectivity index is 2.56. The highest BCUT2D eigenvalue weighted by Gasteiger charge is 2.20. The van der Waals surface area contributed by atoms with Crippen molar-refractivity contribution in [3.05, 3.63) is 46.5 Å². The third-order valence-corrected chi connectivity index (χ3v) is 2.93. The van der Waals surface area contributed by atoms with E-state index in [4.69, 9.17) is 11.6 Å². The summed E-state index contributed by atoms with van der Waals surface area (Å²) in [7, 11) is 1.25. The van der Waals surface area contributed by atoms with Crippen molar-refractivity contribution in [2.75, 3.05) is 7.11 Å². The van der Waals surface area contributed by atoms with Gasteiger partial charge in [0, 0.05) is 0 Å². The molecule has 0 amide bonds. The normalized spacial score (nSPS) is 10.4. The minimum absolute atomic E-state index is 0.0147. The predicted octanol–water partition coefficient (Wildman–Crippen LogP) is 2.76. The SMILES string of the molecule is COC(=O)c1nn(-c2cccc(F)c2)c(C)c1Cl. The van der Waals surface area contributed by atoms with Crippen LogP contribution in [0, 0.1) is 12.7 Å². The second kappa shape index (κ2) is 4.78. The predicted molar refractivity (Wildman–Crippen MR) is 64.6 cm³/mol. The molecule has 1 heterocycles. The number of hydrogen-bond acceptors (Lipinski definition) is 3. The van der Waals surface area contributed by atoms with Crippen LogP contribution in [0.5, 0.6) is 0 Å². The summed E-state index contributed by atoms with van der Waals surface area (Å²) in [4.78, 5) is 11.4. The van der Waals surface area contributed by atoms with E-state index in [2.05, 4.69) is 9.84 Å². The van der Waals surface area contributed by atoms with Crippen LogP contribution >= 0.6 is 11.6 Å². The van der Waals surface area contributed by atoms with Gasteiger partial charge < -0.3 is 4.74 Å². The minimum atomic E-state index is -0.627. The number of esters is 1. The molecule has 0 N–H and O–H groups in total. The van der Waals surface area contributed by atoms with Crippen LogP contribution in [0.1, 0.15) is 16.2 Å². The highest BCUT2D eigenvalue weighted by atomic mass is 35.5. The third-order valence-electron chi connectivity index (χ3n) is 2.47. The molecule has 0 aliphatic heterocycles. The molecule has 0 atom stereocenters. The molecular weight excluding hydrogens is 259 g/mol. The Morgan fingerprint density at radius 3 is 2.83 bits per heavy atom. The lowest BCUT2D eigenvalue weighted by Gasteiger charge is -2.03. The first kappa shape index (κ1) is 12.6. The summed E-state index contributed by atoms with van der Waals surface area (Å²) < 4.78 is 19.1. The number of carbonyl (C=O) groups excluding carboxylic acids is 1. The molecule has 0 saturated heterocycles. The molecule has 0 saturated carbocycles. The van der Waals surface area contributed by atoms with Crippen molar-refractivity contribution in [1.29, 1.82) is 0 Å². The molecule has 2 rings (SSSR count). The number of benzene rings is 1. The Labute approximate surface area is 108 Å². The van der Waals surface area contributed by atoms with Crippen molar-refractivity contribution >= 4 is 17.6 Å². The lowest BCUT2D eigenvalue weighted by Crippen LogP contribution is -2.05. The van der Waals surface area contributed by atoms with E-state index < -0.39 is 11.8 Å². The van der Waals surface area contributed by atoms with Crippen LogP contribution in [-0.2, 0) is 4.74 Å². The smallest absolute Gasteiger partial charge is 0.360 e. The molecule has 1 aromatic heterocycles. The number of aromatic nitrogens is 2. The van der Waals surface area contributed by atoms with Gasteiger partial charge >= 0.3 is 5.97 Å². The molecule has 0 unspecified atom stereocenters. The molecule has 0 spiro atoms. The van der Waals surface area contributed by atoms with Crippen molar-refractivity contribution in [1.82, 2.24) is 9.78 Å². The van der Waals surface area contributed by atoms with Crippen LogP contribution in [0.3, 0.4) is 0 Å². The van der Waals surface area contributed by atoms with Crippen LogP contribution in [0.25, 0.3) is 5.69 Å². The lowest BCUT2D eigenvalue weighted by molar-refractivity contribution is 0.0593. The summed E-state index contributed by atoms with van der Waals surface area (Å²) in [5, 5.41) is 4.24. The summed E-state index contributed by atoms with van der Waals surface area (Å²) in [5.74, 6) is -1.02. The Kier molecular flexibility index (Phi) is 3.34. The molecule has 1 aromatic carbocycles. The number of rotatable bonds is 2. The van der Waals surface area contributed by atoms with Crippen molar-refractivity contribution in [2.24, 2.45) is 0 Å². The first-order valence-electron chi connectivity index (χ1n) is 5.14. The molecule has 2 aromatic rings. The van der Waals surface area contributed by atoms with Crippen LogP contribution < -0.4 is 0 Å². The zero-order chi connectivity index (χ0) is 13.3. The molecule has 18 heavy (non-hydrogen) atoms. The van der Waals surface area contributed by atoms with Gasteiger partial charge in [0.25, 0.3) is 0 Å². The maximum absolute atomic E-state index is 13.2. The van der Waals surface area contributed by atoms with Gasteiger partial charge in [-0.15, -0.1) is 0 Å². The molecule has 0 radical (unpaired) electrons. The summed E-state index contributed by atoms with van der Waals surface area (Å²) >= 11 is 6.00. The summed E-state index contributed by atoms with van der Waals surface area (Å²) in [6.07, 6.45) is 0. The molecule has 0 aliphatic carbocycles. The van der Waals surface area contributed by atoms with Gasteiger partial charge in [0.1, 0.15) is 5.82 Å². The van der Waals surface area contributed by atoms with E-state index in [0.29, 0.717) is 11.4 Å². The number of hydrogen-bond donors (Lipinski definition) is 0. The van der Waals surface area contributed by atoms with Gasteiger partial charge in [0.15, 0.2) is 5.69 Å². The molecule has 6 heteroatoms. The van der Waals surface area contributed by atoms with Crippen molar-refractivity contribution < 1.29 is 13.9 Å². The fourth-order valence-corrected chi connectivity index (χ4v) is 1.76. The minimum Gasteiger partial charge on any atom is -0.464 e. The molecule has 0 aliphatic rings. The van der Waals surface area contributed by atoms with Gasteiger partial charge in [0.2, 0.25) is 0 Å². The highest BCUT2D eigenvalue weighted by molar-refractivity contribution is 6.34. The van der Waals surface area contributed by atoms with E-state index in [9.17, 15) is 9.18 Å². The van der Waals surface area contributed by atoms with Gasteiger partial charge in [-0.05, 0) is 25.1 Å². The van der Waals surface area contributed by atoms with Gasteiger partial charge in [-0.3, -0.25) is 0 Å². The zero-order valence-electron chi connectivity index (χ0n) is 9.78. The first-order chi connectivity index (χ1) is 8.54. The van der Waals surface area contributed by atoms with Crippen LogP contribution in [0.4, 0.5) is 4.39 Å². The number of carbonyl (C=O) groups is 1. The monoisotopic (exact) mass is 268 g/mol. The van der Waals surface area contributed by atoms with E-state index >= 15 is 0 Å². The average molecular weight is 269 g/mol. The Hall–Kier alpha value is -1.88. The van der Waals surface area contributed by atoms with E-state index in [1.807, 2.05) is 0 Å². The topological polar surface area (TPSA) is 44.1 Å². The quantitative estimate of drug-likeness (QED) is 0.787. The maximum Gasteiger partial charge on any atom is 0.360 e. The van der Waals surface area contributed by atoms with Crippen LogP contribution in [0.15, 0.2) is 24.3 Å². The van der Waals surface area contributed by atoms with Crippen molar-refractivity contribution in [3.8, 4) is 5.69 Å². The molecule has 0 bridgehead atoms. The van der Waals surface area contributed by atoms with Crippen molar-refractivity contribution in [2.45, 2.75) is 6.92 Å². The fraction of sp³-hybridized carbons (Fsp3) is 0.167. The third kappa shape index (κ3) is 2.09. The Morgan fingerprint density at radius 2 is 2.22 bits per heavy atom. The highest BCUT2D eigenvalue weighted by Crippen LogP contribution is 2.23. The second-order valence-corrected chi connectivity index (χ2v) is 4.01. The fourth-order valence-electron chi connectivity index (χ4n) is 1.57. The number of halogens is 2. The summed E-state index contributed by atoms with van der Waals surface area (Å²) in [6.45, 7) is 1.69. The van der Waals surface area contributed by atoms with E-state index in [1.165, 1.54) is 23.9 Å². The van der Waals surface area contributed by atoms with Gasteiger partial charge in [0.05, 0.1) is 23.5 Å². The number of ether oxygens (including phenoxy) is 1. The summed E-state index contributed by atoms with van der Waals surface area (Å²) in [6, 6.07) is 5.85. The maximum atomic E-state index is 13.2. The van der Waals surface area contributed by atoms with Gasteiger partial charge in [-0.1, -0.05) is 17.7 Å². The average Bonchev–Trinajstić information content (AvgIpc) is 2.66.